The zero-order valence-corrected chi connectivity index (χ0v) is 11.5. The van der Waals surface area contributed by atoms with Gasteiger partial charge in [0.2, 0.25) is 11.8 Å². The number of nitrogens with one attached hydrogen (secondary N) is 1. The van der Waals surface area contributed by atoms with E-state index in [4.69, 9.17) is 0 Å². The molecule has 6 nitrogen and oxygen atoms in total. The molecule has 1 unspecified atom stereocenters. The summed E-state index contributed by atoms with van der Waals surface area (Å²) < 4.78 is 0.617. The molecule has 1 atom stereocenters. The van der Waals surface area contributed by atoms with E-state index in [1.807, 2.05) is 0 Å². The Kier molecular flexibility index (Phi) is 3.94. The standard InChI is InChI=1S/C12H11BrN2O4/c13-9-3-1-7(10(6-9)15(18)19)5-8-2-4-11(16)14-12(8)17/h1,3,6,8H,2,4-5H2,(H,14,16,17). The van der Waals surface area contributed by atoms with Gasteiger partial charge in [0.15, 0.2) is 0 Å². The lowest BCUT2D eigenvalue weighted by Crippen LogP contribution is -2.41. The van der Waals surface area contributed by atoms with Gasteiger partial charge in [-0.05, 0) is 18.9 Å². The molecule has 1 N–H and O–H groups in total. The van der Waals surface area contributed by atoms with Crippen molar-refractivity contribution in [3.63, 3.8) is 0 Å². The van der Waals surface area contributed by atoms with E-state index in [9.17, 15) is 19.7 Å². The minimum Gasteiger partial charge on any atom is -0.296 e. The average molecular weight is 327 g/mol. The van der Waals surface area contributed by atoms with Crippen molar-refractivity contribution in [2.45, 2.75) is 19.3 Å². The first-order valence-corrected chi connectivity index (χ1v) is 6.53. The van der Waals surface area contributed by atoms with Crippen LogP contribution in [0.2, 0.25) is 0 Å². The summed E-state index contributed by atoms with van der Waals surface area (Å²) in [4.78, 5) is 33.2. The number of hydrogen-bond acceptors (Lipinski definition) is 4. The lowest BCUT2D eigenvalue weighted by atomic mass is 9.90. The van der Waals surface area contributed by atoms with Crippen molar-refractivity contribution < 1.29 is 14.5 Å². The molecule has 1 aromatic carbocycles. The molecule has 1 aliphatic rings. The van der Waals surface area contributed by atoms with Crippen LogP contribution in [0.1, 0.15) is 18.4 Å². The summed E-state index contributed by atoms with van der Waals surface area (Å²) in [5.74, 6) is -1.03. The van der Waals surface area contributed by atoms with Crippen molar-refractivity contribution in [3.05, 3.63) is 38.3 Å². The number of hydrogen-bond donors (Lipinski definition) is 1. The predicted molar refractivity (Wildman–Crippen MR) is 70.4 cm³/mol. The summed E-state index contributed by atoms with van der Waals surface area (Å²) in [6, 6.07) is 4.75. The highest BCUT2D eigenvalue weighted by Crippen LogP contribution is 2.27. The number of carbonyl (C=O) groups excluding carboxylic acids is 2. The van der Waals surface area contributed by atoms with Crippen molar-refractivity contribution in [1.82, 2.24) is 5.32 Å². The van der Waals surface area contributed by atoms with Gasteiger partial charge in [-0.3, -0.25) is 25.0 Å². The van der Waals surface area contributed by atoms with Crippen LogP contribution in [-0.4, -0.2) is 16.7 Å². The van der Waals surface area contributed by atoms with Gasteiger partial charge < -0.3 is 0 Å². The molecule has 7 heteroatoms. The second-order valence-corrected chi connectivity index (χ2v) is 5.30. The Balaban J connectivity index is 2.21. The van der Waals surface area contributed by atoms with Crippen molar-refractivity contribution in [3.8, 4) is 0 Å². The molecule has 1 saturated heterocycles. The highest BCUT2D eigenvalue weighted by atomic mass is 79.9. The van der Waals surface area contributed by atoms with Crippen LogP contribution in [0, 0.1) is 16.0 Å². The average Bonchev–Trinajstić information content (AvgIpc) is 2.34. The Morgan fingerprint density at radius 2 is 2.16 bits per heavy atom. The minimum absolute atomic E-state index is 0.0147. The number of nitro benzene ring substituents is 1. The summed E-state index contributed by atoms with van der Waals surface area (Å²) in [6.07, 6.45) is 0.974. The summed E-state index contributed by atoms with van der Waals surface area (Å²) in [7, 11) is 0. The molecule has 0 bridgehead atoms. The number of halogens is 1. The Bertz CT molecular complexity index is 559. The van der Waals surface area contributed by atoms with E-state index in [1.54, 1.807) is 12.1 Å². The van der Waals surface area contributed by atoms with Gasteiger partial charge in [-0.25, -0.2) is 0 Å². The molecule has 0 aromatic heterocycles. The van der Waals surface area contributed by atoms with Gasteiger partial charge in [-0.2, -0.15) is 0 Å². The van der Waals surface area contributed by atoms with Crippen molar-refractivity contribution in [2.75, 3.05) is 0 Å². The number of nitro groups is 1. The summed E-state index contributed by atoms with van der Waals surface area (Å²) >= 11 is 3.18. The molecule has 100 valence electrons. The molecule has 19 heavy (non-hydrogen) atoms. The second kappa shape index (κ2) is 5.48. The third kappa shape index (κ3) is 3.17. The topological polar surface area (TPSA) is 89.3 Å². The van der Waals surface area contributed by atoms with Crippen LogP contribution in [0.3, 0.4) is 0 Å². The quantitative estimate of drug-likeness (QED) is 0.522. The molecule has 1 fully saturated rings. The van der Waals surface area contributed by atoms with E-state index in [0.29, 0.717) is 16.5 Å². The number of rotatable bonds is 3. The van der Waals surface area contributed by atoms with E-state index in [1.165, 1.54) is 6.07 Å². The highest BCUT2D eigenvalue weighted by molar-refractivity contribution is 9.10. The lowest BCUT2D eigenvalue weighted by Gasteiger charge is -2.20. The molecule has 2 rings (SSSR count). The first kappa shape index (κ1) is 13.7. The number of carbonyl (C=O) groups is 2. The van der Waals surface area contributed by atoms with Gasteiger partial charge in [0.25, 0.3) is 5.69 Å². The summed E-state index contributed by atoms with van der Waals surface area (Å²) in [5.41, 5.74) is 0.488. The Morgan fingerprint density at radius 1 is 1.42 bits per heavy atom. The smallest absolute Gasteiger partial charge is 0.273 e. The third-order valence-corrected chi connectivity index (χ3v) is 3.56. The molecule has 0 spiro atoms. The van der Waals surface area contributed by atoms with Crippen LogP contribution in [0.25, 0.3) is 0 Å². The maximum atomic E-state index is 11.6. The van der Waals surface area contributed by atoms with Crippen LogP contribution in [-0.2, 0) is 16.0 Å². The zero-order valence-electron chi connectivity index (χ0n) is 9.89. The SMILES string of the molecule is O=C1CCC(Cc2ccc(Br)cc2[N+](=O)[O-])C(=O)N1. The van der Waals surface area contributed by atoms with Gasteiger partial charge in [-0.1, -0.05) is 22.0 Å². The largest absolute Gasteiger partial charge is 0.296 e. The lowest BCUT2D eigenvalue weighted by molar-refractivity contribution is -0.385. The normalized spacial score (nSPS) is 19.1. The molecule has 0 saturated carbocycles. The van der Waals surface area contributed by atoms with E-state index in [-0.39, 0.29) is 30.3 Å². The maximum absolute atomic E-state index is 11.6. The summed E-state index contributed by atoms with van der Waals surface area (Å²) in [6.45, 7) is 0. The van der Waals surface area contributed by atoms with Crippen LogP contribution >= 0.6 is 15.9 Å². The van der Waals surface area contributed by atoms with Crippen LogP contribution in [0.4, 0.5) is 5.69 Å². The fourth-order valence-electron chi connectivity index (χ4n) is 2.08. The molecule has 1 aliphatic heterocycles. The fraction of sp³-hybridized carbons (Fsp3) is 0.333. The molecule has 1 heterocycles. The Labute approximate surface area is 117 Å². The van der Waals surface area contributed by atoms with Gasteiger partial charge in [0.1, 0.15) is 0 Å². The second-order valence-electron chi connectivity index (χ2n) is 4.38. The fourth-order valence-corrected chi connectivity index (χ4v) is 2.43. The van der Waals surface area contributed by atoms with Crippen molar-refractivity contribution in [1.29, 1.82) is 0 Å². The van der Waals surface area contributed by atoms with Crippen molar-refractivity contribution >= 4 is 33.4 Å². The Morgan fingerprint density at radius 3 is 2.79 bits per heavy atom. The molecular weight excluding hydrogens is 316 g/mol. The monoisotopic (exact) mass is 326 g/mol. The van der Waals surface area contributed by atoms with Crippen molar-refractivity contribution in [2.24, 2.45) is 5.92 Å². The number of piperidine rings is 1. The number of imide groups is 1. The van der Waals surface area contributed by atoms with Gasteiger partial charge in [-0.15, -0.1) is 0 Å². The highest BCUT2D eigenvalue weighted by Gasteiger charge is 2.28. The first-order valence-electron chi connectivity index (χ1n) is 5.74. The van der Waals surface area contributed by atoms with Gasteiger partial charge in [0, 0.05) is 28.4 Å². The molecule has 2 amide bonds. The van der Waals surface area contributed by atoms with Crippen LogP contribution in [0.15, 0.2) is 22.7 Å². The van der Waals surface area contributed by atoms with E-state index in [0.717, 1.165) is 0 Å². The number of nitrogens with zero attached hydrogens (tertiary/aromatic N) is 1. The molecular formula is C12H11BrN2O4. The summed E-state index contributed by atoms with van der Waals surface area (Å²) in [5, 5.41) is 13.2. The predicted octanol–water partition coefficient (Wildman–Crippen LogP) is 1.95. The third-order valence-electron chi connectivity index (χ3n) is 3.06. The van der Waals surface area contributed by atoms with Crippen LogP contribution in [0.5, 0.6) is 0 Å². The van der Waals surface area contributed by atoms with E-state index in [2.05, 4.69) is 21.2 Å². The van der Waals surface area contributed by atoms with Gasteiger partial charge >= 0.3 is 0 Å². The van der Waals surface area contributed by atoms with Crippen LogP contribution < -0.4 is 5.32 Å². The van der Waals surface area contributed by atoms with E-state index >= 15 is 0 Å². The Hall–Kier alpha value is -1.76. The first-order chi connectivity index (χ1) is 8.97. The number of benzene rings is 1. The minimum atomic E-state index is -0.466. The molecule has 0 aliphatic carbocycles. The number of amides is 2. The zero-order chi connectivity index (χ0) is 14.0. The maximum Gasteiger partial charge on any atom is 0.273 e. The molecule has 1 aromatic rings. The molecule has 0 radical (unpaired) electrons. The van der Waals surface area contributed by atoms with Gasteiger partial charge in [0.05, 0.1) is 4.92 Å². The van der Waals surface area contributed by atoms with E-state index < -0.39 is 10.8 Å².